The van der Waals surface area contributed by atoms with Crippen LogP contribution in [0.5, 0.6) is 5.75 Å². The molecule has 0 spiro atoms. The molecule has 2 saturated heterocycles. The van der Waals surface area contributed by atoms with Gasteiger partial charge < -0.3 is 14.7 Å². The summed E-state index contributed by atoms with van der Waals surface area (Å²) in [5, 5.41) is 10.1. The van der Waals surface area contributed by atoms with Gasteiger partial charge in [0.05, 0.1) is 30.4 Å². The highest BCUT2D eigenvalue weighted by atomic mass is 32.2. The van der Waals surface area contributed by atoms with Crippen molar-refractivity contribution in [3.63, 3.8) is 0 Å². The Labute approximate surface area is 185 Å². The number of unbranched alkanes of at least 4 members (excludes halogenated alkanes) is 1. The van der Waals surface area contributed by atoms with Gasteiger partial charge >= 0.3 is 0 Å². The Balaban J connectivity index is 2.07. The zero-order chi connectivity index (χ0) is 22.4. The highest BCUT2D eigenvalue weighted by Gasteiger charge is 2.33. The zero-order valence-electron chi connectivity index (χ0n) is 18.7. The third kappa shape index (κ3) is 5.49. The van der Waals surface area contributed by atoms with Gasteiger partial charge in [-0.3, -0.25) is 4.31 Å². The fourth-order valence-electron chi connectivity index (χ4n) is 3.98. The summed E-state index contributed by atoms with van der Waals surface area (Å²) >= 11 is 0. The molecule has 1 aromatic rings. The Bertz CT molecular complexity index is 976. The molecule has 0 amide bonds. The van der Waals surface area contributed by atoms with E-state index in [4.69, 9.17) is 9.73 Å². The number of phenols is 1. The molecule has 2 heterocycles. The Kier molecular flexibility index (Phi) is 7.78. The van der Waals surface area contributed by atoms with E-state index in [9.17, 15) is 13.5 Å². The fourth-order valence-corrected chi connectivity index (χ4v) is 5.73. The summed E-state index contributed by atoms with van der Waals surface area (Å²) in [6.45, 7) is 9.09. The Morgan fingerprint density at radius 3 is 2.65 bits per heavy atom. The number of allylic oxidation sites excluding steroid dienone is 2. The minimum atomic E-state index is -3.38. The standard InChI is InChI=1S/C23H33N3O4S/c1-4-6-16-31(28,29)26-11-10-21(22(26)5-2)23(19-8-7-9-20(27)17-19)24-18(3)25-12-14-30-15-13-25/h5,7-9,17,27H,4,6,10-16H2,1-3H3/b22-5-,23-21-,24-18+. The molecule has 0 atom stereocenters. The molecule has 0 bridgehead atoms. The molecule has 1 aromatic carbocycles. The summed E-state index contributed by atoms with van der Waals surface area (Å²) in [7, 11) is -3.38. The number of aliphatic imine (C=N–C) groups is 1. The molecule has 7 nitrogen and oxygen atoms in total. The van der Waals surface area contributed by atoms with E-state index in [1.165, 1.54) is 4.31 Å². The van der Waals surface area contributed by atoms with Crippen molar-refractivity contribution in [2.75, 3.05) is 38.6 Å². The van der Waals surface area contributed by atoms with Gasteiger partial charge in [0.15, 0.2) is 0 Å². The van der Waals surface area contributed by atoms with Crippen LogP contribution in [0.25, 0.3) is 5.70 Å². The summed E-state index contributed by atoms with van der Waals surface area (Å²) in [6.07, 6.45) is 3.91. The van der Waals surface area contributed by atoms with Crippen molar-refractivity contribution in [3.05, 3.63) is 47.2 Å². The van der Waals surface area contributed by atoms with Gasteiger partial charge in [0.2, 0.25) is 10.0 Å². The van der Waals surface area contributed by atoms with Crippen molar-refractivity contribution >= 4 is 21.6 Å². The van der Waals surface area contributed by atoms with Gasteiger partial charge in [-0.15, -0.1) is 0 Å². The molecule has 2 fully saturated rings. The Hall–Kier alpha value is -2.32. The number of amidine groups is 1. The normalized spacial score (nSPS) is 21.1. The van der Waals surface area contributed by atoms with E-state index in [0.717, 1.165) is 36.5 Å². The average Bonchev–Trinajstić information content (AvgIpc) is 3.21. The van der Waals surface area contributed by atoms with Gasteiger partial charge in [0.25, 0.3) is 0 Å². The van der Waals surface area contributed by atoms with Crippen LogP contribution in [0, 0.1) is 0 Å². The molecule has 170 valence electrons. The predicted octanol–water partition coefficient (Wildman–Crippen LogP) is 3.59. The first-order valence-corrected chi connectivity index (χ1v) is 12.6. The van der Waals surface area contributed by atoms with Crippen LogP contribution in [0.4, 0.5) is 0 Å². The maximum Gasteiger partial charge on any atom is 0.235 e. The molecule has 2 aliphatic heterocycles. The van der Waals surface area contributed by atoms with Gasteiger partial charge in [0, 0.05) is 30.8 Å². The topological polar surface area (TPSA) is 82.4 Å². The molecule has 8 heteroatoms. The maximum atomic E-state index is 13.0. The van der Waals surface area contributed by atoms with Crippen LogP contribution in [0.15, 0.2) is 46.6 Å². The second-order valence-electron chi connectivity index (χ2n) is 7.80. The third-order valence-corrected chi connectivity index (χ3v) is 7.51. The van der Waals surface area contributed by atoms with Crippen molar-refractivity contribution in [3.8, 4) is 5.75 Å². The fraction of sp³-hybridized carbons (Fsp3) is 0.522. The number of rotatable bonds is 6. The van der Waals surface area contributed by atoms with Crippen molar-refractivity contribution in [2.45, 2.75) is 40.0 Å². The van der Waals surface area contributed by atoms with Gasteiger partial charge in [-0.1, -0.05) is 31.6 Å². The number of sulfonamides is 1. The summed E-state index contributed by atoms with van der Waals surface area (Å²) in [4.78, 5) is 7.14. The first-order chi connectivity index (χ1) is 14.9. The molecule has 1 N–H and O–H groups in total. The number of aromatic hydroxyl groups is 1. The van der Waals surface area contributed by atoms with Crippen LogP contribution in [-0.2, 0) is 14.8 Å². The van der Waals surface area contributed by atoms with Crippen molar-refractivity contribution in [1.82, 2.24) is 9.21 Å². The summed E-state index contributed by atoms with van der Waals surface area (Å²) in [5.74, 6) is 1.16. The first-order valence-electron chi connectivity index (χ1n) is 10.9. The van der Waals surface area contributed by atoms with Gasteiger partial charge in [0.1, 0.15) is 11.6 Å². The Morgan fingerprint density at radius 1 is 1.26 bits per heavy atom. The molecule has 0 saturated carbocycles. The van der Waals surface area contributed by atoms with E-state index in [1.807, 2.05) is 32.9 Å². The minimum absolute atomic E-state index is 0.144. The van der Waals surface area contributed by atoms with E-state index < -0.39 is 10.0 Å². The lowest BCUT2D eigenvalue weighted by Crippen LogP contribution is -2.39. The lowest BCUT2D eigenvalue weighted by molar-refractivity contribution is 0.0678. The van der Waals surface area contributed by atoms with Crippen LogP contribution in [0.3, 0.4) is 0 Å². The van der Waals surface area contributed by atoms with Gasteiger partial charge in [-0.05, 0) is 38.8 Å². The number of nitrogens with zero attached hydrogens (tertiary/aromatic N) is 3. The van der Waals surface area contributed by atoms with Crippen LogP contribution in [0.2, 0.25) is 0 Å². The molecular weight excluding hydrogens is 414 g/mol. The largest absolute Gasteiger partial charge is 0.508 e. The Morgan fingerprint density at radius 2 is 2.00 bits per heavy atom. The second-order valence-corrected chi connectivity index (χ2v) is 9.81. The number of benzene rings is 1. The van der Waals surface area contributed by atoms with Crippen LogP contribution < -0.4 is 0 Å². The number of hydrogen-bond acceptors (Lipinski definition) is 5. The van der Waals surface area contributed by atoms with E-state index in [-0.39, 0.29) is 11.5 Å². The quantitative estimate of drug-likeness (QED) is 0.532. The molecule has 0 aliphatic carbocycles. The molecule has 2 aliphatic rings. The minimum Gasteiger partial charge on any atom is -0.508 e. The van der Waals surface area contributed by atoms with E-state index in [1.54, 1.807) is 18.2 Å². The SMILES string of the molecule is C/C=C1/C(=C(\N=C(/C)N2CCOCC2)c2cccc(O)c2)CCN1S(=O)(=O)CCCC. The summed E-state index contributed by atoms with van der Waals surface area (Å²) in [6, 6.07) is 6.99. The molecule has 31 heavy (non-hydrogen) atoms. The highest BCUT2D eigenvalue weighted by molar-refractivity contribution is 7.89. The molecular formula is C23H33N3O4S. The lowest BCUT2D eigenvalue weighted by Gasteiger charge is -2.28. The van der Waals surface area contributed by atoms with Crippen LogP contribution in [0.1, 0.15) is 45.6 Å². The highest BCUT2D eigenvalue weighted by Crippen LogP contribution is 2.37. The summed E-state index contributed by atoms with van der Waals surface area (Å²) in [5.41, 5.74) is 3.06. The first kappa shape index (κ1) is 23.3. The predicted molar refractivity (Wildman–Crippen MR) is 124 cm³/mol. The van der Waals surface area contributed by atoms with E-state index in [0.29, 0.717) is 44.0 Å². The van der Waals surface area contributed by atoms with E-state index >= 15 is 0 Å². The summed E-state index contributed by atoms with van der Waals surface area (Å²) < 4.78 is 32.9. The number of morpholine rings is 1. The third-order valence-electron chi connectivity index (χ3n) is 5.66. The second kappa shape index (κ2) is 10.3. The smallest absolute Gasteiger partial charge is 0.235 e. The van der Waals surface area contributed by atoms with Gasteiger partial charge in [-0.2, -0.15) is 0 Å². The average molecular weight is 448 g/mol. The molecule has 0 unspecified atom stereocenters. The van der Waals surface area contributed by atoms with Crippen LogP contribution in [-0.4, -0.2) is 67.2 Å². The van der Waals surface area contributed by atoms with E-state index in [2.05, 4.69) is 4.90 Å². The zero-order valence-corrected chi connectivity index (χ0v) is 19.5. The molecule has 0 aromatic heterocycles. The lowest BCUT2D eigenvalue weighted by atomic mass is 10.0. The van der Waals surface area contributed by atoms with Crippen molar-refractivity contribution in [1.29, 1.82) is 0 Å². The van der Waals surface area contributed by atoms with Crippen molar-refractivity contribution < 1.29 is 18.3 Å². The monoisotopic (exact) mass is 447 g/mol. The maximum absolute atomic E-state index is 13.0. The number of phenolic OH excluding ortho intramolecular Hbond substituents is 1. The number of hydrogen-bond donors (Lipinski definition) is 1. The molecule has 3 rings (SSSR count). The number of ether oxygens (including phenoxy) is 1. The van der Waals surface area contributed by atoms with Crippen LogP contribution >= 0.6 is 0 Å². The van der Waals surface area contributed by atoms with Crippen molar-refractivity contribution in [2.24, 2.45) is 4.99 Å². The van der Waals surface area contributed by atoms with Gasteiger partial charge in [-0.25, -0.2) is 13.4 Å². The molecule has 0 radical (unpaired) electrons.